The first kappa shape index (κ1) is 38.7. The van der Waals surface area contributed by atoms with E-state index in [2.05, 4.69) is 23.8 Å². The smallest absolute Gasteiger partial charge is 0.343 e. The maximum Gasteiger partial charge on any atom is 0.343 e. The third-order valence-corrected chi connectivity index (χ3v) is 8.37. The van der Waals surface area contributed by atoms with E-state index in [1.807, 2.05) is 12.1 Å². The predicted octanol–water partition coefficient (Wildman–Crippen LogP) is 11.3. The van der Waals surface area contributed by atoms with Gasteiger partial charge in [0.2, 0.25) is 0 Å². The molecule has 4 aromatic carbocycles. The molecule has 0 aromatic heterocycles. The number of rotatable bonds is 22. The molecule has 0 aliphatic rings. The Hall–Kier alpha value is -5.11. The van der Waals surface area contributed by atoms with E-state index >= 15 is 0 Å². The lowest BCUT2D eigenvalue weighted by Gasteiger charge is -2.08. The first-order valence-electron chi connectivity index (χ1n) is 18.4. The molecule has 4 aromatic rings. The van der Waals surface area contributed by atoms with Crippen molar-refractivity contribution >= 4 is 29.8 Å². The van der Waals surface area contributed by atoms with E-state index in [0.29, 0.717) is 58.5 Å². The lowest BCUT2D eigenvalue weighted by Crippen LogP contribution is -2.07. The Bertz CT molecular complexity index is 1700. The molecule has 0 fully saturated rings. The van der Waals surface area contributed by atoms with Crippen LogP contribution >= 0.6 is 0 Å². The minimum absolute atomic E-state index is 0.0768. The number of hydrogen-bond donors (Lipinski definition) is 2. The van der Waals surface area contributed by atoms with E-state index in [1.165, 1.54) is 51.4 Å². The van der Waals surface area contributed by atoms with Crippen molar-refractivity contribution in [2.24, 2.45) is 9.98 Å². The van der Waals surface area contributed by atoms with Gasteiger partial charge in [0.25, 0.3) is 0 Å². The van der Waals surface area contributed by atoms with E-state index in [1.54, 1.807) is 85.2 Å². The Kier molecular flexibility index (Phi) is 16.6. The molecule has 0 atom stereocenters. The van der Waals surface area contributed by atoms with Crippen molar-refractivity contribution in [3.63, 3.8) is 0 Å². The number of benzene rings is 4. The van der Waals surface area contributed by atoms with Gasteiger partial charge in [0.05, 0.1) is 30.2 Å². The summed E-state index contributed by atoms with van der Waals surface area (Å²) < 4.78 is 17.2. The Balaban J connectivity index is 1.24. The Morgan fingerprint density at radius 1 is 0.569 bits per heavy atom. The molecule has 0 aliphatic heterocycles. The predicted molar refractivity (Wildman–Crippen MR) is 206 cm³/mol. The summed E-state index contributed by atoms with van der Waals surface area (Å²) in [5, 5.41) is 21.0. The Morgan fingerprint density at radius 2 is 1.08 bits per heavy atom. The number of phenolic OH excluding ortho intramolecular Hbond substituents is 2. The van der Waals surface area contributed by atoms with Crippen LogP contribution in [0.15, 0.2) is 94.9 Å². The summed E-state index contributed by atoms with van der Waals surface area (Å²) in [6, 6.07) is 23.9. The minimum atomic E-state index is -0.518. The number of nitrogens with zero attached hydrogens (tertiary/aromatic N) is 2. The average Bonchev–Trinajstić information content (AvgIpc) is 3.14. The zero-order valence-electron chi connectivity index (χ0n) is 30.1. The zero-order valence-corrected chi connectivity index (χ0v) is 30.1. The second-order valence-electron chi connectivity index (χ2n) is 12.6. The number of aliphatic imine (C=N–C) groups is 2. The molecular weight excluding hydrogens is 640 g/mol. The highest BCUT2D eigenvalue weighted by atomic mass is 16.5. The molecule has 8 nitrogen and oxygen atoms in total. The van der Waals surface area contributed by atoms with Crippen molar-refractivity contribution in [3.05, 3.63) is 102 Å². The number of aromatic hydroxyl groups is 2. The van der Waals surface area contributed by atoms with Gasteiger partial charge in [0.15, 0.2) is 0 Å². The van der Waals surface area contributed by atoms with Gasteiger partial charge in [-0.1, -0.05) is 84.1 Å². The zero-order chi connectivity index (χ0) is 36.1. The SMILES string of the molecule is CCCCCCCCOc1ccc(C=Nc2ccc(C(=O)Oc3cccc(N=Cc4ccc(OCCCCCCCC)cc4O)c3)cc2)c(O)c1. The highest BCUT2D eigenvalue weighted by Crippen LogP contribution is 2.26. The number of ether oxygens (including phenoxy) is 3. The van der Waals surface area contributed by atoms with Gasteiger partial charge in [-0.25, -0.2) is 4.79 Å². The fraction of sp³-hybridized carbons (Fsp3) is 0.372. The molecular formula is C43H52N2O6. The van der Waals surface area contributed by atoms with Crippen LogP contribution in [0, 0.1) is 0 Å². The molecule has 0 bridgehead atoms. The van der Waals surface area contributed by atoms with Crippen LogP contribution in [0.25, 0.3) is 0 Å². The van der Waals surface area contributed by atoms with Gasteiger partial charge in [-0.2, -0.15) is 0 Å². The molecule has 0 radical (unpaired) electrons. The Labute approximate surface area is 302 Å². The van der Waals surface area contributed by atoms with Crippen LogP contribution in [0.3, 0.4) is 0 Å². The van der Waals surface area contributed by atoms with E-state index in [9.17, 15) is 15.0 Å². The van der Waals surface area contributed by atoms with E-state index in [4.69, 9.17) is 14.2 Å². The third-order valence-electron chi connectivity index (χ3n) is 8.37. The summed E-state index contributed by atoms with van der Waals surface area (Å²) in [4.78, 5) is 21.8. The number of esters is 1. The molecule has 51 heavy (non-hydrogen) atoms. The molecule has 0 saturated carbocycles. The molecule has 270 valence electrons. The lowest BCUT2D eigenvalue weighted by molar-refractivity contribution is 0.0735. The van der Waals surface area contributed by atoms with E-state index in [-0.39, 0.29) is 11.5 Å². The van der Waals surface area contributed by atoms with Gasteiger partial charge in [0.1, 0.15) is 28.7 Å². The largest absolute Gasteiger partial charge is 0.507 e. The number of hydrogen-bond acceptors (Lipinski definition) is 8. The third kappa shape index (κ3) is 14.0. The van der Waals surface area contributed by atoms with Crippen LogP contribution in [0.2, 0.25) is 0 Å². The molecule has 0 amide bonds. The summed E-state index contributed by atoms with van der Waals surface area (Å²) >= 11 is 0. The van der Waals surface area contributed by atoms with Crippen molar-refractivity contribution in [2.45, 2.75) is 90.9 Å². The minimum Gasteiger partial charge on any atom is -0.507 e. The quantitative estimate of drug-likeness (QED) is 0.0367. The molecule has 0 heterocycles. The van der Waals surface area contributed by atoms with Gasteiger partial charge < -0.3 is 24.4 Å². The lowest BCUT2D eigenvalue weighted by atomic mass is 10.1. The fourth-order valence-corrected chi connectivity index (χ4v) is 5.35. The second-order valence-corrected chi connectivity index (χ2v) is 12.6. The first-order valence-corrected chi connectivity index (χ1v) is 18.4. The van der Waals surface area contributed by atoms with Crippen molar-refractivity contribution in [1.82, 2.24) is 0 Å². The number of unbranched alkanes of at least 4 members (excludes halogenated alkanes) is 10. The molecule has 2 N–H and O–H groups in total. The monoisotopic (exact) mass is 692 g/mol. The first-order chi connectivity index (χ1) is 24.9. The summed E-state index contributed by atoms with van der Waals surface area (Å²) in [6.45, 7) is 5.67. The average molecular weight is 693 g/mol. The molecule has 0 spiro atoms. The van der Waals surface area contributed by atoms with Gasteiger partial charge >= 0.3 is 5.97 Å². The van der Waals surface area contributed by atoms with Crippen molar-refractivity contribution < 1.29 is 29.2 Å². The van der Waals surface area contributed by atoms with Crippen LogP contribution in [-0.2, 0) is 0 Å². The summed E-state index contributed by atoms with van der Waals surface area (Å²) in [6.07, 6.45) is 17.4. The normalized spacial score (nSPS) is 11.3. The van der Waals surface area contributed by atoms with E-state index in [0.717, 1.165) is 25.7 Å². The highest BCUT2D eigenvalue weighted by Gasteiger charge is 2.10. The summed E-state index contributed by atoms with van der Waals surface area (Å²) in [5.74, 6) is 1.24. The maximum atomic E-state index is 12.9. The van der Waals surface area contributed by atoms with Gasteiger partial charge in [0, 0.05) is 41.8 Å². The summed E-state index contributed by atoms with van der Waals surface area (Å²) in [5.41, 5.74) is 2.65. The van der Waals surface area contributed by atoms with Crippen LogP contribution in [0.4, 0.5) is 11.4 Å². The van der Waals surface area contributed by atoms with Crippen molar-refractivity contribution in [2.75, 3.05) is 13.2 Å². The number of carbonyl (C=O) groups is 1. The van der Waals surface area contributed by atoms with Gasteiger partial charge in [-0.3, -0.25) is 9.98 Å². The highest BCUT2D eigenvalue weighted by molar-refractivity contribution is 5.92. The maximum absolute atomic E-state index is 12.9. The van der Waals surface area contributed by atoms with Crippen molar-refractivity contribution in [3.8, 4) is 28.7 Å². The summed E-state index contributed by atoms with van der Waals surface area (Å²) in [7, 11) is 0. The van der Waals surface area contributed by atoms with Crippen LogP contribution in [0.5, 0.6) is 28.7 Å². The molecule has 0 aliphatic carbocycles. The molecule has 0 saturated heterocycles. The van der Waals surface area contributed by atoms with Gasteiger partial charge in [-0.15, -0.1) is 0 Å². The molecule has 4 rings (SSSR count). The Morgan fingerprint density at radius 3 is 1.61 bits per heavy atom. The van der Waals surface area contributed by atoms with E-state index < -0.39 is 5.97 Å². The fourth-order valence-electron chi connectivity index (χ4n) is 5.35. The molecule has 8 heteroatoms. The number of carbonyl (C=O) groups excluding carboxylic acids is 1. The second kappa shape index (κ2) is 21.9. The van der Waals surface area contributed by atoms with Crippen LogP contribution in [0.1, 0.15) is 112 Å². The van der Waals surface area contributed by atoms with Crippen LogP contribution < -0.4 is 14.2 Å². The number of phenols is 2. The van der Waals surface area contributed by atoms with Crippen LogP contribution in [-0.4, -0.2) is 41.8 Å². The topological polar surface area (TPSA) is 110 Å². The standard InChI is InChI=1S/C43H52N2O6/c1-3-5-7-9-11-13-26-49-38-24-20-34(41(46)29-38)31-44-36-22-18-33(19-23-36)43(48)51-40-17-15-16-37(28-40)45-32-35-21-25-39(30-42(35)47)50-27-14-12-10-8-6-4-2/h15-25,28-32,46-47H,3-14,26-27H2,1-2H3. The molecule has 0 unspecified atom stereocenters. The van der Waals surface area contributed by atoms with Crippen molar-refractivity contribution in [1.29, 1.82) is 0 Å². The van der Waals surface area contributed by atoms with Gasteiger partial charge in [-0.05, 0) is 73.5 Å².